The van der Waals surface area contributed by atoms with Crippen LogP contribution >= 0.6 is 15.9 Å². The van der Waals surface area contributed by atoms with Crippen LogP contribution in [0.1, 0.15) is 6.92 Å². The largest absolute Gasteiger partial charge is 0.383 e. The highest BCUT2D eigenvalue weighted by Crippen LogP contribution is 2.28. The molecule has 1 aromatic rings. The fourth-order valence-electron chi connectivity index (χ4n) is 1.34. The quantitative estimate of drug-likeness (QED) is 0.668. The third-order valence-corrected chi connectivity index (χ3v) is 2.47. The molecule has 0 aliphatic rings. The number of benzene rings is 1. The predicted octanol–water partition coefficient (Wildman–Crippen LogP) is 2.80. The van der Waals surface area contributed by atoms with Gasteiger partial charge in [0.05, 0.1) is 11.5 Å². The number of hydrogen-bond acceptors (Lipinski definition) is 4. The molecule has 0 aliphatic heterocycles. The first kappa shape index (κ1) is 12.9. The molecule has 0 spiro atoms. The van der Waals surface area contributed by atoms with Crippen molar-refractivity contribution in [2.75, 3.05) is 19.0 Å². The summed E-state index contributed by atoms with van der Waals surface area (Å²) in [5.74, 6) is 0. The molecule has 0 fully saturated rings. The number of nitro groups is 1. The molecule has 1 atom stereocenters. The van der Waals surface area contributed by atoms with E-state index in [0.717, 1.165) is 4.47 Å². The van der Waals surface area contributed by atoms with E-state index in [4.69, 9.17) is 4.74 Å². The number of halogens is 1. The van der Waals surface area contributed by atoms with Crippen LogP contribution in [0, 0.1) is 10.1 Å². The average molecular weight is 289 g/mol. The SMILES string of the molecule is COCC(C)Nc1cc(Br)ccc1[N+](=O)[O-]. The highest BCUT2D eigenvalue weighted by molar-refractivity contribution is 9.10. The molecule has 0 aromatic heterocycles. The second-order valence-electron chi connectivity index (χ2n) is 3.42. The van der Waals surface area contributed by atoms with E-state index in [9.17, 15) is 10.1 Å². The summed E-state index contributed by atoms with van der Waals surface area (Å²) >= 11 is 3.28. The van der Waals surface area contributed by atoms with Gasteiger partial charge in [-0.2, -0.15) is 0 Å². The molecule has 1 rings (SSSR count). The molecule has 0 amide bonds. The molecule has 16 heavy (non-hydrogen) atoms. The molecule has 0 aliphatic carbocycles. The zero-order valence-electron chi connectivity index (χ0n) is 9.07. The Bertz CT molecular complexity index is 384. The van der Waals surface area contributed by atoms with E-state index >= 15 is 0 Å². The Labute approximate surface area is 102 Å². The number of nitrogens with zero attached hydrogens (tertiary/aromatic N) is 1. The van der Waals surface area contributed by atoms with Crippen molar-refractivity contribution >= 4 is 27.3 Å². The lowest BCUT2D eigenvalue weighted by Gasteiger charge is -2.14. The fourth-order valence-corrected chi connectivity index (χ4v) is 1.70. The van der Waals surface area contributed by atoms with E-state index in [-0.39, 0.29) is 11.7 Å². The first-order chi connectivity index (χ1) is 7.54. The molecule has 5 nitrogen and oxygen atoms in total. The minimum atomic E-state index is -0.408. The Kier molecular flexibility index (Phi) is 4.70. The van der Waals surface area contributed by atoms with Crippen molar-refractivity contribution in [2.24, 2.45) is 0 Å². The average Bonchev–Trinajstić information content (AvgIpc) is 2.17. The van der Waals surface area contributed by atoms with E-state index in [1.165, 1.54) is 6.07 Å². The molecule has 0 saturated heterocycles. The maximum atomic E-state index is 10.8. The smallest absolute Gasteiger partial charge is 0.292 e. The zero-order chi connectivity index (χ0) is 12.1. The topological polar surface area (TPSA) is 64.4 Å². The maximum Gasteiger partial charge on any atom is 0.292 e. The van der Waals surface area contributed by atoms with Gasteiger partial charge in [0.1, 0.15) is 5.69 Å². The van der Waals surface area contributed by atoms with Gasteiger partial charge in [-0.05, 0) is 19.1 Å². The highest BCUT2D eigenvalue weighted by Gasteiger charge is 2.15. The molecule has 0 heterocycles. The van der Waals surface area contributed by atoms with E-state index in [0.29, 0.717) is 12.3 Å². The minimum absolute atomic E-state index is 0.0120. The number of ether oxygens (including phenoxy) is 1. The van der Waals surface area contributed by atoms with Crippen molar-refractivity contribution in [1.82, 2.24) is 0 Å². The van der Waals surface area contributed by atoms with Crippen molar-refractivity contribution in [2.45, 2.75) is 13.0 Å². The van der Waals surface area contributed by atoms with Crippen LogP contribution in [-0.2, 0) is 4.74 Å². The summed E-state index contributed by atoms with van der Waals surface area (Å²) in [7, 11) is 1.59. The van der Waals surface area contributed by atoms with Gasteiger partial charge in [-0.25, -0.2) is 0 Å². The minimum Gasteiger partial charge on any atom is -0.383 e. The number of nitrogens with one attached hydrogen (secondary N) is 1. The lowest BCUT2D eigenvalue weighted by atomic mass is 10.2. The second-order valence-corrected chi connectivity index (χ2v) is 4.33. The molecule has 0 saturated carbocycles. The number of rotatable bonds is 5. The highest BCUT2D eigenvalue weighted by atomic mass is 79.9. The van der Waals surface area contributed by atoms with Gasteiger partial charge in [0.15, 0.2) is 0 Å². The first-order valence-electron chi connectivity index (χ1n) is 4.74. The Hall–Kier alpha value is -1.14. The normalized spacial score (nSPS) is 12.2. The summed E-state index contributed by atoms with van der Waals surface area (Å²) in [5.41, 5.74) is 0.551. The summed E-state index contributed by atoms with van der Waals surface area (Å²) in [6.45, 7) is 2.39. The Morgan fingerprint density at radius 3 is 2.88 bits per heavy atom. The summed E-state index contributed by atoms with van der Waals surface area (Å²) < 4.78 is 5.76. The van der Waals surface area contributed by atoms with Crippen molar-refractivity contribution in [1.29, 1.82) is 0 Å². The number of anilines is 1. The van der Waals surface area contributed by atoms with Crippen molar-refractivity contribution in [3.8, 4) is 0 Å². The van der Waals surface area contributed by atoms with Gasteiger partial charge in [-0.3, -0.25) is 10.1 Å². The van der Waals surface area contributed by atoms with Crippen LogP contribution in [0.5, 0.6) is 0 Å². The van der Waals surface area contributed by atoms with E-state index < -0.39 is 4.92 Å². The molecular weight excluding hydrogens is 276 g/mol. The lowest BCUT2D eigenvalue weighted by molar-refractivity contribution is -0.384. The number of nitro benzene ring substituents is 1. The van der Waals surface area contributed by atoms with Gasteiger partial charge in [-0.15, -0.1) is 0 Å². The zero-order valence-corrected chi connectivity index (χ0v) is 10.7. The Morgan fingerprint density at radius 2 is 2.31 bits per heavy atom. The van der Waals surface area contributed by atoms with Crippen molar-refractivity contribution in [3.63, 3.8) is 0 Å². The standard InChI is InChI=1S/C10H13BrN2O3/c1-7(6-16-2)12-9-5-8(11)3-4-10(9)13(14)15/h3-5,7,12H,6H2,1-2H3. The summed E-state index contributed by atoms with van der Waals surface area (Å²) in [5, 5.41) is 13.8. The monoisotopic (exact) mass is 288 g/mol. The van der Waals surface area contributed by atoms with Crippen molar-refractivity contribution < 1.29 is 9.66 Å². The van der Waals surface area contributed by atoms with Crippen LogP contribution in [0.3, 0.4) is 0 Å². The Balaban J connectivity index is 2.92. The predicted molar refractivity (Wildman–Crippen MR) is 65.8 cm³/mol. The van der Waals surface area contributed by atoms with Gasteiger partial charge in [0.2, 0.25) is 0 Å². The molecule has 0 radical (unpaired) electrons. The lowest BCUT2D eigenvalue weighted by Crippen LogP contribution is -2.21. The van der Waals surface area contributed by atoms with Crippen LogP contribution in [0.25, 0.3) is 0 Å². The molecule has 1 aromatic carbocycles. The van der Waals surface area contributed by atoms with Gasteiger partial charge in [-0.1, -0.05) is 15.9 Å². The van der Waals surface area contributed by atoms with Gasteiger partial charge in [0.25, 0.3) is 5.69 Å². The van der Waals surface area contributed by atoms with Crippen LogP contribution in [-0.4, -0.2) is 24.7 Å². The molecule has 1 N–H and O–H groups in total. The molecule has 88 valence electrons. The van der Waals surface area contributed by atoms with Crippen molar-refractivity contribution in [3.05, 3.63) is 32.8 Å². The fraction of sp³-hybridized carbons (Fsp3) is 0.400. The third-order valence-electron chi connectivity index (χ3n) is 1.97. The van der Waals surface area contributed by atoms with E-state index in [2.05, 4.69) is 21.2 Å². The van der Waals surface area contributed by atoms with E-state index in [1.54, 1.807) is 19.2 Å². The number of methoxy groups -OCH3 is 1. The van der Waals surface area contributed by atoms with Crippen LogP contribution in [0.2, 0.25) is 0 Å². The maximum absolute atomic E-state index is 10.8. The molecular formula is C10H13BrN2O3. The van der Waals surface area contributed by atoms with Gasteiger partial charge >= 0.3 is 0 Å². The third kappa shape index (κ3) is 3.46. The summed E-state index contributed by atoms with van der Waals surface area (Å²) in [6, 6.07) is 4.80. The molecule has 6 heteroatoms. The van der Waals surface area contributed by atoms with Crippen LogP contribution in [0.4, 0.5) is 11.4 Å². The molecule has 1 unspecified atom stereocenters. The van der Waals surface area contributed by atoms with Gasteiger partial charge < -0.3 is 10.1 Å². The van der Waals surface area contributed by atoms with Crippen LogP contribution < -0.4 is 5.32 Å². The van der Waals surface area contributed by atoms with Crippen LogP contribution in [0.15, 0.2) is 22.7 Å². The second kappa shape index (κ2) is 5.81. The van der Waals surface area contributed by atoms with E-state index in [1.807, 2.05) is 6.92 Å². The Morgan fingerprint density at radius 1 is 1.62 bits per heavy atom. The van der Waals surface area contributed by atoms with Gasteiger partial charge in [0, 0.05) is 23.7 Å². The first-order valence-corrected chi connectivity index (χ1v) is 5.53. The molecule has 0 bridgehead atoms. The summed E-state index contributed by atoms with van der Waals surface area (Å²) in [6.07, 6.45) is 0. The number of hydrogen-bond donors (Lipinski definition) is 1. The summed E-state index contributed by atoms with van der Waals surface area (Å²) in [4.78, 5) is 10.4.